The molecule has 43 heavy (non-hydrogen) atoms. The number of fused-ring (bicyclic) bond motifs is 2. The molecule has 14 heteroatoms. The second kappa shape index (κ2) is 14.6. The number of hydrogen-bond donors (Lipinski definition) is 2. The summed E-state index contributed by atoms with van der Waals surface area (Å²) in [6.07, 6.45) is -12.6. The first-order valence-electron chi connectivity index (χ1n) is 21.1. The van der Waals surface area contributed by atoms with Crippen molar-refractivity contribution in [1.29, 1.82) is 0 Å². The van der Waals surface area contributed by atoms with Crippen LogP contribution in [-0.4, -0.2) is 59.8 Å². The lowest BCUT2D eigenvalue weighted by molar-refractivity contribution is 0.179. The zero-order chi connectivity index (χ0) is 46.0. The molecule has 4 rings (SSSR count). The lowest BCUT2D eigenvalue weighted by Gasteiger charge is -2.09. The van der Waals surface area contributed by atoms with Gasteiger partial charge >= 0.3 is 11.4 Å². The van der Waals surface area contributed by atoms with E-state index in [0.717, 1.165) is 4.57 Å². The minimum Gasteiger partial charge on any atom is -0.393 e. The van der Waals surface area contributed by atoms with Crippen LogP contribution < -0.4 is 22.5 Å². The van der Waals surface area contributed by atoms with E-state index >= 15 is 0 Å². The smallest absolute Gasteiger partial charge is 0.332 e. The normalized spacial score (nSPS) is 21.1. The van der Waals surface area contributed by atoms with Crippen molar-refractivity contribution in [3.05, 3.63) is 53.3 Å². The highest BCUT2D eigenvalue weighted by atomic mass is 16.3. The Morgan fingerprint density at radius 1 is 0.744 bits per heavy atom. The summed E-state index contributed by atoms with van der Waals surface area (Å²) in [6.45, 7) is -10.2. The number of aliphatic hydroxyl groups excluding tert-OH is 1. The molecule has 0 spiro atoms. The van der Waals surface area contributed by atoms with Crippen molar-refractivity contribution in [2.24, 2.45) is 28.0 Å². The van der Waals surface area contributed by atoms with Gasteiger partial charge < -0.3 is 19.3 Å². The topological polar surface area (TPSA) is 164 Å². The lowest BCUT2D eigenvalue weighted by atomic mass is 10.2. The molecule has 0 radical (unpaired) electrons. The molecule has 4 aromatic heterocycles. The summed E-state index contributed by atoms with van der Waals surface area (Å²) in [6, 6.07) is 0. The van der Waals surface area contributed by atoms with Crippen LogP contribution >= 0.6 is 0 Å². The molecule has 0 unspecified atom stereocenters. The third kappa shape index (κ3) is 7.42. The number of aryl methyl sites for hydroxylation is 6. The minimum atomic E-state index is -3.50. The summed E-state index contributed by atoms with van der Waals surface area (Å²) in [4.78, 5) is 58.9. The molecule has 0 aromatic carbocycles. The maximum absolute atomic E-state index is 13.0. The molecule has 0 aliphatic carbocycles. The van der Waals surface area contributed by atoms with Gasteiger partial charge in [-0.15, -0.1) is 0 Å². The van der Waals surface area contributed by atoms with E-state index in [1.54, 1.807) is 18.5 Å². The van der Waals surface area contributed by atoms with E-state index in [1.165, 1.54) is 18.5 Å². The van der Waals surface area contributed by atoms with Gasteiger partial charge in [0.05, 0.1) is 13.6 Å². The molecule has 4 heterocycles. The predicted molar refractivity (Wildman–Crippen MR) is 168 cm³/mol. The van der Waals surface area contributed by atoms with Crippen molar-refractivity contribution in [2.75, 3.05) is 0 Å². The number of aromatic nitrogens is 8. The Morgan fingerprint density at radius 2 is 1.23 bits per heavy atom. The van der Waals surface area contributed by atoms with Crippen LogP contribution in [-0.2, 0) is 41.1 Å². The van der Waals surface area contributed by atoms with Crippen LogP contribution in [0.2, 0.25) is 0 Å². The molecule has 2 atom stereocenters. The Balaban J connectivity index is 0.000000418. The molecule has 0 aliphatic heterocycles. The van der Waals surface area contributed by atoms with Gasteiger partial charge in [-0.25, -0.2) is 19.6 Å². The molecule has 0 aliphatic rings. The second-order valence-corrected chi connectivity index (χ2v) is 9.27. The monoisotopic (exact) mass is 621 g/mol. The van der Waals surface area contributed by atoms with Crippen LogP contribution in [0.3, 0.4) is 0 Å². The summed E-state index contributed by atoms with van der Waals surface area (Å²) in [5, 5.41) is 19.5. The zero-order valence-corrected chi connectivity index (χ0v) is 23.4. The van der Waals surface area contributed by atoms with Gasteiger partial charge in [-0.05, 0) is 66.0 Å². The zero-order valence-electron chi connectivity index (χ0n) is 40.4. The van der Waals surface area contributed by atoms with Crippen LogP contribution in [0.4, 0.5) is 0 Å². The van der Waals surface area contributed by atoms with E-state index in [0.29, 0.717) is 15.0 Å². The van der Waals surface area contributed by atoms with Gasteiger partial charge in [0.25, 0.3) is 11.1 Å². The molecule has 14 nitrogen and oxygen atoms in total. The average molecular weight is 622 g/mol. The van der Waals surface area contributed by atoms with Gasteiger partial charge in [0.2, 0.25) is 0 Å². The molecular formula is C29H48N8O6. The maximum atomic E-state index is 13.0. The molecule has 2 N–H and O–H groups in total. The van der Waals surface area contributed by atoms with Crippen LogP contribution in [0.15, 0.2) is 19.2 Å². The number of imidazole rings is 2. The van der Waals surface area contributed by atoms with Gasteiger partial charge in [-0.2, -0.15) is 0 Å². The summed E-state index contributed by atoms with van der Waals surface area (Å²) in [5.74, 6) is 0.326. The highest BCUT2D eigenvalue weighted by Crippen LogP contribution is 2.09. The highest BCUT2D eigenvalue weighted by molar-refractivity contribution is 5.71. The van der Waals surface area contributed by atoms with Gasteiger partial charge in [0.15, 0.2) is 22.3 Å². The number of nitrogens with zero attached hydrogens (tertiary/aromatic N) is 8. The minimum absolute atomic E-state index is 0. The van der Waals surface area contributed by atoms with E-state index in [4.69, 9.17) is 23.3 Å². The molecule has 0 fully saturated rings. The van der Waals surface area contributed by atoms with Crippen LogP contribution in [0.1, 0.15) is 94.5 Å². The van der Waals surface area contributed by atoms with Crippen molar-refractivity contribution in [3.63, 3.8) is 0 Å². The molecule has 4 aromatic rings. The first kappa shape index (κ1) is 17.5. The Morgan fingerprint density at radius 3 is 1.77 bits per heavy atom. The van der Waals surface area contributed by atoms with Crippen LogP contribution in [0, 0.1) is 13.8 Å². The molecular weight excluding hydrogens is 556 g/mol. The Labute approximate surface area is 274 Å². The van der Waals surface area contributed by atoms with Crippen molar-refractivity contribution >= 4 is 22.3 Å². The van der Waals surface area contributed by atoms with Gasteiger partial charge in [0, 0.05) is 63.1 Å². The van der Waals surface area contributed by atoms with E-state index in [2.05, 4.69) is 9.97 Å². The van der Waals surface area contributed by atoms with Gasteiger partial charge in [-0.1, -0.05) is 7.43 Å². The van der Waals surface area contributed by atoms with Crippen LogP contribution in [0.25, 0.3) is 22.3 Å². The quantitative estimate of drug-likeness (QED) is 0.267. The Bertz CT molecular complexity index is 2450. The van der Waals surface area contributed by atoms with Crippen molar-refractivity contribution < 1.29 is 33.5 Å². The SMILES string of the molecule is C.[2H]C([2H])([2H])[C@H](O)C([2H])([2H])CCCn1c(=O)c2c(nc(C)n2C)n(C)c1=O.[2H]C([2H])([2H])n1c(C)nc2c1c(=O)n(CCCC([2H])([2H])[C@@]([2H])(O)C([2H])([2H])[2H])c(=O)n2C([2H])([2H])[2H]. The fraction of sp³-hybridized carbons (Fsp3) is 0.655. The number of hydrogen-bond acceptors (Lipinski definition) is 8. The third-order valence-corrected chi connectivity index (χ3v) is 6.44. The molecule has 0 amide bonds. The van der Waals surface area contributed by atoms with Crippen molar-refractivity contribution in [3.8, 4) is 0 Å². The second-order valence-electron chi connectivity index (χ2n) is 9.27. The first-order valence-corrected chi connectivity index (χ1v) is 12.6. The van der Waals surface area contributed by atoms with E-state index < -0.39 is 106 Å². The van der Waals surface area contributed by atoms with Crippen molar-refractivity contribution in [2.45, 2.75) is 98.7 Å². The summed E-state index contributed by atoms with van der Waals surface area (Å²) >= 11 is 0. The summed E-state index contributed by atoms with van der Waals surface area (Å²) in [7, 11) is 3.15. The molecule has 0 saturated heterocycles. The molecule has 0 saturated carbocycles. The van der Waals surface area contributed by atoms with E-state index in [9.17, 15) is 29.4 Å². The Kier molecular flexibility index (Phi) is 5.94. The average Bonchev–Trinajstić information content (AvgIpc) is 3.56. The van der Waals surface area contributed by atoms with Crippen molar-refractivity contribution in [1.82, 2.24) is 37.4 Å². The standard InChI is InChI=1S/2C14H22N4O3.CH4/c2*1-9(19)7-5-6-8-18-13(20)11-12(17(4)14(18)21)15-10(2)16(11)3;/h2*9,19H,5-8H2,1-4H3;1H4/t2*9-;/m00./s1/i1D3,3D3,4D3,7D2,9D;1D3,7D2;. The third-order valence-electron chi connectivity index (χ3n) is 6.44. The highest BCUT2D eigenvalue weighted by Gasteiger charge is 2.18. The molecule has 0 bridgehead atoms. The largest absolute Gasteiger partial charge is 0.393 e. The lowest BCUT2D eigenvalue weighted by Crippen LogP contribution is -2.39. The first-order chi connectivity index (χ1) is 26.3. The van der Waals surface area contributed by atoms with E-state index in [1.807, 2.05) is 0 Å². The van der Waals surface area contributed by atoms with Gasteiger partial charge in [-0.3, -0.25) is 27.9 Å². The number of rotatable bonds is 10. The molecule has 240 valence electrons. The number of aliphatic hydroxyl groups is 2. The maximum Gasteiger partial charge on any atom is 0.332 e. The summed E-state index contributed by atoms with van der Waals surface area (Å²) in [5.41, 5.74) is -4.48. The summed E-state index contributed by atoms with van der Waals surface area (Å²) < 4.78 is 132. The van der Waals surface area contributed by atoms with Crippen LogP contribution in [0.5, 0.6) is 0 Å². The van der Waals surface area contributed by atoms with E-state index in [-0.39, 0.29) is 48.4 Å². The van der Waals surface area contributed by atoms with Gasteiger partial charge in [0.1, 0.15) is 11.6 Å². The Hall–Kier alpha value is -3.78. The fourth-order valence-electron chi connectivity index (χ4n) is 4.16. The predicted octanol–water partition coefficient (Wildman–Crippen LogP) is 1.22. The fourth-order valence-corrected chi connectivity index (χ4v) is 4.16.